The van der Waals surface area contributed by atoms with Gasteiger partial charge in [0.05, 0.1) is 20.8 Å². The van der Waals surface area contributed by atoms with Crippen LogP contribution in [-0.2, 0) is 13.1 Å². The predicted molar refractivity (Wildman–Crippen MR) is 134 cm³/mol. The molecule has 8 heteroatoms. The lowest BCUT2D eigenvalue weighted by atomic mass is 10.1. The average Bonchev–Trinajstić information content (AvgIpc) is 2.84. The molecule has 0 saturated heterocycles. The minimum absolute atomic E-state index is 0.156. The second-order valence-electron chi connectivity index (χ2n) is 7.45. The Morgan fingerprint density at radius 2 is 1.79 bits per heavy atom. The lowest BCUT2D eigenvalue weighted by Gasteiger charge is -2.26. The minimum atomic E-state index is -0.156. The third-order valence-corrected chi connectivity index (χ3v) is 5.57. The molecule has 2 heterocycles. The van der Waals surface area contributed by atoms with Gasteiger partial charge in [-0.3, -0.25) is 9.78 Å². The molecule has 7 nitrogen and oxygen atoms in total. The maximum absolute atomic E-state index is 12.8. The molecule has 0 unspecified atom stereocenters. The Hall–Kier alpha value is -3.91. The van der Waals surface area contributed by atoms with Crippen LogP contribution in [0, 0.1) is 0 Å². The first-order valence-corrected chi connectivity index (χ1v) is 10.8. The van der Waals surface area contributed by atoms with Crippen molar-refractivity contribution >= 4 is 33.9 Å². The van der Waals surface area contributed by atoms with Crippen molar-refractivity contribution in [3.8, 4) is 11.5 Å². The molecule has 0 aliphatic rings. The molecule has 0 fully saturated rings. The first-order chi connectivity index (χ1) is 16.1. The fraction of sp³-hybridized carbons (Fsp3) is 0.160. The van der Waals surface area contributed by atoms with E-state index in [1.807, 2.05) is 65.6 Å². The number of pyridine rings is 2. The van der Waals surface area contributed by atoms with Crippen LogP contribution in [0.4, 0.5) is 5.69 Å². The molecule has 0 spiro atoms. The van der Waals surface area contributed by atoms with Gasteiger partial charge in [-0.2, -0.15) is 0 Å². The van der Waals surface area contributed by atoms with Crippen molar-refractivity contribution < 1.29 is 9.47 Å². The average molecular weight is 461 g/mol. The molecular weight excluding hydrogens is 436 g/mol. The number of methoxy groups -OCH3 is 2. The van der Waals surface area contributed by atoms with Gasteiger partial charge in [-0.25, -0.2) is 0 Å². The number of H-pyrrole nitrogens is 1. The molecule has 33 heavy (non-hydrogen) atoms. The highest BCUT2D eigenvalue weighted by Gasteiger charge is 2.15. The first-order valence-electron chi connectivity index (χ1n) is 10.3. The maximum atomic E-state index is 12.8. The van der Waals surface area contributed by atoms with Crippen molar-refractivity contribution in [3.63, 3.8) is 0 Å². The summed E-state index contributed by atoms with van der Waals surface area (Å²) in [5, 5.41) is 4.64. The van der Waals surface area contributed by atoms with E-state index in [-0.39, 0.29) is 5.56 Å². The van der Waals surface area contributed by atoms with Gasteiger partial charge in [-0.15, -0.1) is 0 Å². The number of hydrogen-bond acceptors (Lipinski definition) is 5. The lowest BCUT2D eigenvalue weighted by molar-refractivity contribution is 0.410. The summed E-state index contributed by atoms with van der Waals surface area (Å²) in [5.41, 5.74) is 3.00. The highest BCUT2D eigenvalue weighted by molar-refractivity contribution is 7.80. The van der Waals surface area contributed by atoms with Crippen LogP contribution in [0.5, 0.6) is 11.5 Å². The van der Waals surface area contributed by atoms with Gasteiger partial charge in [0.15, 0.2) is 5.11 Å². The predicted octanol–water partition coefficient (Wildman–Crippen LogP) is 4.34. The summed E-state index contributed by atoms with van der Waals surface area (Å²) in [6, 6.07) is 18.8. The standard InChI is InChI=1S/C25H24N4O3S/c1-31-21-7-5-20(6-8-21)27-25(33)29(15-17-4-3-11-26-14-17)16-19-12-18-13-22(32-2)9-10-23(18)28-24(19)30/h3-14H,15-16H2,1-2H3,(H,27,33)(H,28,30). The lowest BCUT2D eigenvalue weighted by Crippen LogP contribution is -2.35. The van der Waals surface area contributed by atoms with Gasteiger partial charge in [-0.05, 0) is 72.4 Å². The summed E-state index contributed by atoms with van der Waals surface area (Å²) < 4.78 is 10.5. The van der Waals surface area contributed by atoms with Crippen molar-refractivity contribution in [2.24, 2.45) is 0 Å². The Balaban J connectivity index is 1.63. The normalized spacial score (nSPS) is 10.6. The van der Waals surface area contributed by atoms with Crippen molar-refractivity contribution in [1.29, 1.82) is 0 Å². The van der Waals surface area contributed by atoms with E-state index in [9.17, 15) is 4.79 Å². The minimum Gasteiger partial charge on any atom is -0.497 e. The second-order valence-corrected chi connectivity index (χ2v) is 7.84. The molecule has 2 aromatic carbocycles. The van der Waals surface area contributed by atoms with Crippen LogP contribution in [0.2, 0.25) is 0 Å². The van der Waals surface area contributed by atoms with Gasteiger partial charge < -0.3 is 24.7 Å². The molecule has 0 radical (unpaired) electrons. The Morgan fingerprint density at radius 3 is 2.48 bits per heavy atom. The molecule has 0 aliphatic carbocycles. The van der Waals surface area contributed by atoms with Crippen LogP contribution in [0.25, 0.3) is 10.9 Å². The Morgan fingerprint density at radius 1 is 1.03 bits per heavy atom. The number of thiocarbonyl (C=S) groups is 1. The second kappa shape index (κ2) is 10.1. The zero-order valence-corrected chi connectivity index (χ0v) is 19.2. The van der Waals surface area contributed by atoms with E-state index in [0.29, 0.717) is 23.8 Å². The molecule has 4 aromatic rings. The van der Waals surface area contributed by atoms with E-state index in [1.165, 1.54) is 0 Å². The van der Waals surface area contributed by atoms with Crippen molar-refractivity contribution in [3.05, 3.63) is 94.5 Å². The van der Waals surface area contributed by atoms with Crippen molar-refractivity contribution in [1.82, 2.24) is 14.9 Å². The Bertz CT molecular complexity index is 1310. The molecule has 2 N–H and O–H groups in total. The molecule has 4 rings (SSSR count). The number of hydrogen-bond donors (Lipinski definition) is 2. The smallest absolute Gasteiger partial charge is 0.253 e. The van der Waals surface area contributed by atoms with Gasteiger partial charge in [0, 0.05) is 41.1 Å². The van der Waals surface area contributed by atoms with Gasteiger partial charge in [-0.1, -0.05) is 6.07 Å². The Labute approximate surface area is 197 Å². The summed E-state index contributed by atoms with van der Waals surface area (Å²) in [6.07, 6.45) is 3.52. The molecular formula is C25H24N4O3S. The summed E-state index contributed by atoms with van der Waals surface area (Å²) in [4.78, 5) is 21.9. The van der Waals surface area contributed by atoms with Crippen LogP contribution >= 0.6 is 12.2 Å². The number of anilines is 1. The van der Waals surface area contributed by atoms with E-state index in [2.05, 4.69) is 15.3 Å². The van der Waals surface area contributed by atoms with Gasteiger partial charge in [0.2, 0.25) is 0 Å². The number of rotatable bonds is 7. The fourth-order valence-electron chi connectivity index (χ4n) is 3.47. The summed E-state index contributed by atoms with van der Waals surface area (Å²) in [7, 11) is 3.24. The maximum Gasteiger partial charge on any atom is 0.253 e. The number of aromatic nitrogens is 2. The highest BCUT2D eigenvalue weighted by Crippen LogP contribution is 2.20. The summed E-state index contributed by atoms with van der Waals surface area (Å²) in [6.45, 7) is 0.810. The number of ether oxygens (including phenoxy) is 2. The van der Waals surface area contributed by atoms with Gasteiger partial charge in [0.1, 0.15) is 11.5 Å². The van der Waals surface area contributed by atoms with E-state index in [4.69, 9.17) is 21.7 Å². The largest absolute Gasteiger partial charge is 0.497 e. The molecule has 0 amide bonds. The monoisotopic (exact) mass is 460 g/mol. The van der Waals surface area contributed by atoms with E-state index in [1.54, 1.807) is 26.6 Å². The topological polar surface area (TPSA) is 79.5 Å². The number of benzene rings is 2. The molecule has 0 atom stereocenters. The van der Waals surface area contributed by atoms with Crippen LogP contribution in [-0.4, -0.2) is 34.2 Å². The SMILES string of the molecule is COc1ccc(NC(=S)N(Cc2cccnc2)Cc2cc3cc(OC)ccc3[nH]c2=O)cc1. The summed E-state index contributed by atoms with van der Waals surface area (Å²) >= 11 is 5.73. The molecule has 0 aliphatic heterocycles. The molecule has 0 bridgehead atoms. The van der Waals surface area contributed by atoms with Crippen molar-refractivity contribution in [2.45, 2.75) is 13.1 Å². The van der Waals surface area contributed by atoms with E-state index >= 15 is 0 Å². The molecule has 0 saturated carbocycles. The van der Waals surface area contributed by atoms with E-state index in [0.717, 1.165) is 33.7 Å². The zero-order valence-electron chi connectivity index (χ0n) is 18.4. The third kappa shape index (κ3) is 5.48. The zero-order chi connectivity index (χ0) is 23.2. The number of nitrogens with one attached hydrogen (secondary N) is 2. The van der Waals surface area contributed by atoms with Crippen LogP contribution in [0.1, 0.15) is 11.1 Å². The van der Waals surface area contributed by atoms with E-state index < -0.39 is 0 Å². The quantitative estimate of drug-likeness (QED) is 0.397. The Kier molecular flexibility index (Phi) is 6.85. The fourth-order valence-corrected chi connectivity index (χ4v) is 3.72. The third-order valence-electron chi connectivity index (χ3n) is 5.21. The first kappa shape index (κ1) is 22.3. The highest BCUT2D eigenvalue weighted by atomic mass is 32.1. The van der Waals surface area contributed by atoms with Crippen LogP contribution in [0.15, 0.2) is 77.9 Å². The van der Waals surface area contributed by atoms with Crippen LogP contribution < -0.4 is 20.3 Å². The number of aromatic amines is 1. The molecule has 168 valence electrons. The summed E-state index contributed by atoms with van der Waals surface area (Å²) in [5.74, 6) is 1.49. The number of nitrogens with zero attached hydrogens (tertiary/aromatic N) is 2. The van der Waals surface area contributed by atoms with Gasteiger partial charge in [0.25, 0.3) is 5.56 Å². The number of fused-ring (bicyclic) bond motifs is 1. The molecule has 2 aromatic heterocycles. The van der Waals surface area contributed by atoms with Gasteiger partial charge >= 0.3 is 0 Å². The van der Waals surface area contributed by atoms with Crippen molar-refractivity contribution in [2.75, 3.05) is 19.5 Å². The van der Waals surface area contributed by atoms with Crippen LogP contribution in [0.3, 0.4) is 0 Å².